The van der Waals surface area contributed by atoms with Gasteiger partial charge in [-0.25, -0.2) is 0 Å². The third-order valence-corrected chi connectivity index (χ3v) is 2.81. The van der Waals surface area contributed by atoms with Crippen molar-refractivity contribution in [2.24, 2.45) is 11.8 Å². The summed E-state index contributed by atoms with van der Waals surface area (Å²) in [5, 5.41) is 8.85. The molecule has 68 valence electrons. The van der Waals surface area contributed by atoms with Gasteiger partial charge in [-0.1, -0.05) is 26.7 Å². The monoisotopic (exact) mass is 167 g/mol. The van der Waals surface area contributed by atoms with Crippen LogP contribution in [0.1, 0.15) is 33.1 Å². The van der Waals surface area contributed by atoms with Crippen LogP contribution in [0.5, 0.6) is 0 Å². The first-order valence-corrected chi connectivity index (χ1v) is 4.84. The van der Waals surface area contributed by atoms with E-state index in [2.05, 4.69) is 19.9 Å². The summed E-state index contributed by atoms with van der Waals surface area (Å²) in [4.78, 5) is 0. The number of nitrogens with zero attached hydrogens (tertiary/aromatic N) is 1. The van der Waals surface area contributed by atoms with Crippen molar-refractivity contribution in [2.45, 2.75) is 39.2 Å². The van der Waals surface area contributed by atoms with Gasteiger partial charge in [0.25, 0.3) is 0 Å². The van der Waals surface area contributed by atoms with Gasteiger partial charge in [-0.2, -0.15) is 5.26 Å². The molecule has 1 aliphatic heterocycles. The Hall–Kier alpha value is -0.550. The zero-order valence-corrected chi connectivity index (χ0v) is 7.92. The maximum atomic E-state index is 8.85. The molecule has 1 fully saturated rings. The molecule has 12 heavy (non-hydrogen) atoms. The Bertz CT molecular complexity index is 169. The van der Waals surface area contributed by atoms with Crippen molar-refractivity contribution in [1.29, 1.82) is 5.26 Å². The smallest absolute Gasteiger partial charge is 0.0761 e. The maximum Gasteiger partial charge on any atom is 0.0761 e. The second kappa shape index (κ2) is 4.47. The summed E-state index contributed by atoms with van der Waals surface area (Å²) in [6.45, 7) is 5.12. The van der Waals surface area contributed by atoms with E-state index in [1.807, 2.05) is 0 Å². The van der Waals surface area contributed by atoms with Gasteiger partial charge in [0.05, 0.1) is 18.1 Å². The fourth-order valence-corrected chi connectivity index (χ4v) is 1.97. The second-order valence-electron chi connectivity index (χ2n) is 3.44. The average Bonchev–Trinajstić information content (AvgIpc) is 2.55. The van der Waals surface area contributed by atoms with Crippen LogP contribution < -0.4 is 0 Å². The van der Waals surface area contributed by atoms with Crippen molar-refractivity contribution < 1.29 is 4.74 Å². The second-order valence-corrected chi connectivity index (χ2v) is 3.44. The summed E-state index contributed by atoms with van der Waals surface area (Å²) < 4.78 is 5.58. The lowest BCUT2D eigenvalue weighted by Gasteiger charge is -2.21. The quantitative estimate of drug-likeness (QED) is 0.646. The third-order valence-electron chi connectivity index (χ3n) is 2.81. The molecule has 0 aromatic carbocycles. The van der Waals surface area contributed by atoms with Crippen LogP contribution in [0.2, 0.25) is 0 Å². The van der Waals surface area contributed by atoms with Gasteiger partial charge in [0, 0.05) is 6.61 Å². The minimum atomic E-state index is 0.148. The normalized spacial score (nSPS) is 29.2. The molecule has 2 nitrogen and oxygen atoms in total. The average molecular weight is 167 g/mol. The minimum Gasteiger partial charge on any atom is -0.377 e. The molecule has 1 saturated heterocycles. The molecule has 2 atom stereocenters. The van der Waals surface area contributed by atoms with Crippen LogP contribution in [0, 0.1) is 23.2 Å². The number of nitriles is 1. The lowest BCUT2D eigenvalue weighted by Crippen LogP contribution is -2.24. The first kappa shape index (κ1) is 9.54. The van der Waals surface area contributed by atoms with Crippen molar-refractivity contribution in [3.05, 3.63) is 0 Å². The number of hydrogen-bond donors (Lipinski definition) is 0. The first-order valence-electron chi connectivity index (χ1n) is 4.84. The molecule has 0 aromatic heterocycles. The predicted octanol–water partition coefficient (Wildman–Crippen LogP) is 2.35. The number of hydrogen-bond acceptors (Lipinski definition) is 2. The summed E-state index contributed by atoms with van der Waals surface area (Å²) >= 11 is 0. The molecule has 1 heterocycles. The Kier molecular flexibility index (Phi) is 3.55. The van der Waals surface area contributed by atoms with Gasteiger partial charge < -0.3 is 4.74 Å². The van der Waals surface area contributed by atoms with E-state index in [0.29, 0.717) is 5.92 Å². The van der Waals surface area contributed by atoms with Crippen molar-refractivity contribution in [3.8, 4) is 6.07 Å². The molecule has 2 heteroatoms. The highest BCUT2D eigenvalue weighted by atomic mass is 16.5. The molecule has 0 aromatic rings. The molecule has 0 spiro atoms. The van der Waals surface area contributed by atoms with Crippen LogP contribution in [-0.2, 0) is 4.74 Å². The van der Waals surface area contributed by atoms with E-state index in [0.717, 1.165) is 25.9 Å². The zero-order valence-electron chi connectivity index (χ0n) is 7.92. The molecule has 1 aliphatic rings. The fraction of sp³-hybridized carbons (Fsp3) is 0.900. The van der Waals surface area contributed by atoms with Gasteiger partial charge in [-0.3, -0.25) is 0 Å². The summed E-state index contributed by atoms with van der Waals surface area (Å²) in [5.41, 5.74) is 0. The van der Waals surface area contributed by atoms with Crippen LogP contribution in [0.15, 0.2) is 0 Å². The van der Waals surface area contributed by atoms with Crippen molar-refractivity contribution in [3.63, 3.8) is 0 Å². The van der Waals surface area contributed by atoms with E-state index in [-0.39, 0.29) is 12.0 Å². The Balaban J connectivity index is 2.54. The third kappa shape index (κ3) is 1.78. The molecule has 0 radical (unpaired) electrons. The molecule has 1 rings (SSSR count). The van der Waals surface area contributed by atoms with Gasteiger partial charge in [0.1, 0.15) is 0 Å². The van der Waals surface area contributed by atoms with Crippen LogP contribution in [0.3, 0.4) is 0 Å². The van der Waals surface area contributed by atoms with Crippen molar-refractivity contribution in [2.75, 3.05) is 6.61 Å². The van der Waals surface area contributed by atoms with E-state index in [1.165, 1.54) is 0 Å². The summed E-state index contributed by atoms with van der Waals surface area (Å²) in [5.74, 6) is 0.729. The Morgan fingerprint density at radius 3 is 2.67 bits per heavy atom. The highest BCUT2D eigenvalue weighted by Crippen LogP contribution is 2.29. The standard InChI is InChI=1S/C10H17NO/c1-3-8(4-2)10-9(7-11)5-6-12-10/h8-10H,3-6H2,1-2H3. The van der Waals surface area contributed by atoms with E-state index >= 15 is 0 Å². The number of ether oxygens (including phenoxy) is 1. The summed E-state index contributed by atoms with van der Waals surface area (Å²) in [6.07, 6.45) is 3.39. The summed E-state index contributed by atoms with van der Waals surface area (Å²) in [7, 11) is 0. The van der Waals surface area contributed by atoms with Gasteiger partial charge in [-0.15, -0.1) is 0 Å². The highest BCUT2D eigenvalue weighted by molar-refractivity contribution is 4.94. The van der Waals surface area contributed by atoms with Crippen LogP contribution >= 0.6 is 0 Å². The molecule has 0 N–H and O–H groups in total. The van der Waals surface area contributed by atoms with Crippen molar-refractivity contribution in [1.82, 2.24) is 0 Å². The van der Waals surface area contributed by atoms with Gasteiger partial charge >= 0.3 is 0 Å². The van der Waals surface area contributed by atoms with E-state index in [4.69, 9.17) is 10.00 Å². The van der Waals surface area contributed by atoms with E-state index in [1.54, 1.807) is 0 Å². The maximum absolute atomic E-state index is 8.85. The minimum absolute atomic E-state index is 0.148. The lowest BCUT2D eigenvalue weighted by molar-refractivity contribution is 0.0480. The Morgan fingerprint density at radius 1 is 1.50 bits per heavy atom. The molecule has 0 amide bonds. The molecule has 0 aliphatic carbocycles. The molecular formula is C10H17NO. The largest absolute Gasteiger partial charge is 0.377 e. The van der Waals surface area contributed by atoms with E-state index < -0.39 is 0 Å². The van der Waals surface area contributed by atoms with E-state index in [9.17, 15) is 0 Å². The molecular weight excluding hydrogens is 150 g/mol. The summed E-state index contributed by atoms with van der Waals surface area (Å²) in [6, 6.07) is 2.34. The van der Waals surface area contributed by atoms with Crippen LogP contribution in [0.25, 0.3) is 0 Å². The zero-order chi connectivity index (χ0) is 8.97. The topological polar surface area (TPSA) is 33.0 Å². The Morgan fingerprint density at radius 2 is 2.17 bits per heavy atom. The number of rotatable bonds is 3. The van der Waals surface area contributed by atoms with Crippen LogP contribution in [0.4, 0.5) is 0 Å². The molecule has 2 unspecified atom stereocenters. The SMILES string of the molecule is CCC(CC)C1OCCC1C#N. The van der Waals surface area contributed by atoms with Crippen LogP contribution in [-0.4, -0.2) is 12.7 Å². The predicted molar refractivity (Wildman–Crippen MR) is 47.5 cm³/mol. The van der Waals surface area contributed by atoms with Gasteiger partial charge in [-0.05, 0) is 12.3 Å². The molecule has 0 bridgehead atoms. The highest BCUT2D eigenvalue weighted by Gasteiger charge is 2.32. The Labute approximate surface area is 74.5 Å². The van der Waals surface area contributed by atoms with Gasteiger partial charge in [0.15, 0.2) is 0 Å². The van der Waals surface area contributed by atoms with Crippen molar-refractivity contribution >= 4 is 0 Å². The fourth-order valence-electron chi connectivity index (χ4n) is 1.97. The van der Waals surface area contributed by atoms with Gasteiger partial charge in [0.2, 0.25) is 0 Å². The lowest BCUT2D eigenvalue weighted by atomic mass is 9.88. The first-order chi connectivity index (χ1) is 5.83. The molecule has 0 saturated carbocycles.